The molecule has 0 radical (unpaired) electrons. The maximum atomic E-state index is 10.5. The first-order valence-corrected chi connectivity index (χ1v) is 6.54. The Hall–Kier alpha value is -1.40. The number of benzene rings is 1. The minimum atomic E-state index is -0.368. The first-order valence-electron chi connectivity index (χ1n) is 4.87. The minimum absolute atomic E-state index is 0.175. The van der Waals surface area contributed by atoms with E-state index in [4.69, 9.17) is 0 Å². The molecule has 0 aliphatic heterocycles. The fourth-order valence-electron chi connectivity index (χ4n) is 1.35. The molecular weight excluding hydrogens is 304 g/mol. The normalized spacial score (nSPS) is 10.2. The average Bonchev–Trinajstić information content (AvgIpc) is 2.77. The van der Waals surface area contributed by atoms with Crippen molar-refractivity contribution >= 4 is 38.0 Å². The van der Waals surface area contributed by atoms with Crippen LogP contribution >= 0.6 is 27.3 Å². The van der Waals surface area contributed by atoms with E-state index in [1.54, 1.807) is 11.4 Å². The Morgan fingerprint density at radius 3 is 2.82 bits per heavy atom. The topological polar surface area (TPSA) is 55.2 Å². The van der Waals surface area contributed by atoms with Gasteiger partial charge in [-0.2, -0.15) is 0 Å². The maximum absolute atomic E-state index is 10.5. The molecular formula is C11H9BrN2O2S. The molecule has 2 rings (SSSR count). The van der Waals surface area contributed by atoms with E-state index in [1.807, 2.05) is 24.3 Å². The van der Waals surface area contributed by atoms with E-state index >= 15 is 0 Å². The summed E-state index contributed by atoms with van der Waals surface area (Å²) in [6.45, 7) is 0.576. The fourth-order valence-corrected chi connectivity index (χ4v) is 2.51. The van der Waals surface area contributed by atoms with Crippen molar-refractivity contribution in [2.75, 3.05) is 5.32 Å². The number of anilines is 1. The predicted octanol–water partition coefficient (Wildman–Crippen LogP) is 4.03. The van der Waals surface area contributed by atoms with Crippen molar-refractivity contribution in [3.63, 3.8) is 0 Å². The zero-order valence-electron chi connectivity index (χ0n) is 8.72. The standard InChI is InChI=1S/C11H9BrN2O2S/c12-9-3-1-2-4-10(9)13-6-8-5-11(14(15)16)17-7-8/h1-5,7,13H,6H2. The minimum Gasteiger partial charge on any atom is -0.380 e. The highest BCUT2D eigenvalue weighted by Crippen LogP contribution is 2.25. The zero-order chi connectivity index (χ0) is 12.3. The summed E-state index contributed by atoms with van der Waals surface area (Å²) in [5, 5.41) is 15.7. The van der Waals surface area contributed by atoms with Crippen LogP contribution < -0.4 is 5.32 Å². The smallest absolute Gasteiger partial charge is 0.324 e. The number of halogens is 1. The summed E-state index contributed by atoms with van der Waals surface area (Å²) in [4.78, 5) is 10.2. The van der Waals surface area contributed by atoms with E-state index in [0.29, 0.717) is 6.54 Å². The van der Waals surface area contributed by atoms with Gasteiger partial charge < -0.3 is 5.32 Å². The van der Waals surface area contributed by atoms with Gasteiger partial charge in [-0.15, -0.1) is 0 Å². The Bertz CT molecular complexity index is 542. The molecule has 0 amide bonds. The number of hydrogen-bond donors (Lipinski definition) is 1. The second-order valence-electron chi connectivity index (χ2n) is 3.38. The van der Waals surface area contributed by atoms with Crippen molar-refractivity contribution in [1.82, 2.24) is 0 Å². The lowest BCUT2D eigenvalue weighted by molar-refractivity contribution is -0.380. The Labute approximate surface area is 111 Å². The summed E-state index contributed by atoms with van der Waals surface area (Å²) < 4.78 is 0.977. The molecule has 0 spiro atoms. The molecule has 0 aliphatic carbocycles. The van der Waals surface area contributed by atoms with Crippen LogP contribution in [0.1, 0.15) is 5.56 Å². The van der Waals surface area contributed by atoms with Crippen molar-refractivity contribution in [1.29, 1.82) is 0 Å². The van der Waals surface area contributed by atoms with Gasteiger partial charge in [0.15, 0.2) is 0 Å². The van der Waals surface area contributed by atoms with E-state index in [9.17, 15) is 10.1 Å². The average molecular weight is 313 g/mol. The van der Waals surface area contributed by atoms with Crippen LogP contribution in [-0.2, 0) is 6.54 Å². The van der Waals surface area contributed by atoms with Crippen LogP contribution in [0.5, 0.6) is 0 Å². The highest BCUT2D eigenvalue weighted by molar-refractivity contribution is 9.10. The van der Waals surface area contributed by atoms with E-state index in [2.05, 4.69) is 21.2 Å². The second-order valence-corrected chi connectivity index (χ2v) is 5.13. The molecule has 1 N–H and O–H groups in total. The van der Waals surface area contributed by atoms with Gasteiger partial charge in [0.2, 0.25) is 0 Å². The molecule has 1 heterocycles. The third-order valence-corrected chi connectivity index (χ3v) is 3.80. The fraction of sp³-hybridized carbons (Fsp3) is 0.0909. The van der Waals surface area contributed by atoms with Gasteiger partial charge >= 0.3 is 5.00 Å². The molecule has 0 saturated carbocycles. The molecule has 0 saturated heterocycles. The number of rotatable bonds is 4. The summed E-state index contributed by atoms with van der Waals surface area (Å²) in [5.74, 6) is 0. The summed E-state index contributed by atoms with van der Waals surface area (Å²) in [5.41, 5.74) is 1.89. The highest BCUT2D eigenvalue weighted by atomic mass is 79.9. The van der Waals surface area contributed by atoms with E-state index in [1.165, 1.54) is 0 Å². The van der Waals surface area contributed by atoms with Crippen LogP contribution in [0.25, 0.3) is 0 Å². The summed E-state index contributed by atoms with van der Waals surface area (Å²) in [7, 11) is 0. The Balaban J connectivity index is 2.02. The largest absolute Gasteiger partial charge is 0.380 e. The molecule has 0 bridgehead atoms. The van der Waals surface area contributed by atoms with E-state index < -0.39 is 0 Å². The van der Waals surface area contributed by atoms with Crippen molar-refractivity contribution in [2.45, 2.75) is 6.54 Å². The summed E-state index contributed by atoms with van der Waals surface area (Å²) in [6, 6.07) is 9.35. The number of nitro groups is 1. The van der Waals surface area contributed by atoms with Gasteiger partial charge in [-0.1, -0.05) is 23.5 Å². The SMILES string of the molecule is O=[N+]([O-])c1cc(CNc2ccccc2Br)cs1. The maximum Gasteiger partial charge on any atom is 0.324 e. The number of nitrogens with one attached hydrogen (secondary N) is 1. The van der Waals surface area contributed by atoms with Crippen LogP contribution in [0.2, 0.25) is 0 Å². The lowest BCUT2D eigenvalue weighted by atomic mass is 10.3. The molecule has 4 nitrogen and oxygen atoms in total. The molecule has 0 atom stereocenters. The second kappa shape index (κ2) is 5.29. The van der Waals surface area contributed by atoms with Crippen LogP contribution in [0.15, 0.2) is 40.2 Å². The van der Waals surface area contributed by atoms with Gasteiger partial charge in [-0.05, 0) is 33.6 Å². The summed E-state index contributed by atoms with van der Waals surface area (Å²) in [6.07, 6.45) is 0. The lowest BCUT2D eigenvalue weighted by Gasteiger charge is -2.06. The van der Waals surface area contributed by atoms with Gasteiger partial charge in [0.05, 0.1) is 4.92 Å². The zero-order valence-corrected chi connectivity index (χ0v) is 11.1. The number of hydrogen-bond acceptors (Lipinski definition) is 4. The highest BCUT2D eigenvalue weighted by Gasteiger charge is 2.09. The van der Waals surface area contributed by atoms with E-state index in [0.717, 1.165) is 27.1 Å². The Kier molecular flexibility index (Phi) is 3.75. The number of thiophene rings is 1. The number of para-hydroxylation sites is 1. The van der Waals surface area contributed by atoms with Crippen molar-refractivity contribution < 1.29 is 4.92 Å². The first-order chi connectivity index (χ1) is 8.16. The quantitative estimate of drug-likeness (QED) is 0.685. The van der Waals surface area contributed by atoms with Crippen molar-refractivity contribution in [2.24, 2.45) is 0 Å². The first kappa shape index (κ1) is 12.1. The van der Waals surface area contributed by atoms with Gasteiger partial charge in [-0.25, -0.2) is 0 Å². The lowest BCUT2D eigenvalue weighted by Crippen LogP contribution is -1.98. The Morgan fingerprint density at radius 2 is 2.18 bits per heavy atom. The van der Waals surface area contributed by atoms with Gasteiger partial charge in [0.25, 0.3) is 0 Å². The van der Waals surface area contributed by atoms with Crippen molar-refractivity contribution in [3.8, 4) is 0 Å². The summed E-state index contributed by atoms with van der Waals surface area (Å²) >= 11 is 4.58. The number of nitrogens with zero attached hydrogens (tertiary/aromatic N) is 1. The Morgan fingerprint density at radius 1 is 1.41 bits per heavy atom. The molecule has 88 valence electrons. The van der Waals surface area contributed by atoms with Gasteiger partial charge in [0.1, 0.15) is 0 Å². The van der Waals surface area contributed by atoms with E-state index in [-0.39, 0.29) is 9.92 Å². The predicted molar refractivity (Wildman–Crippen MR) is 72.4 cm³/mol. The van der Waals surface area contributed by atoms with Gasteiger partial charge in [-0.3, -0.25) is 10.1 Å². The van der Waals surface area contributed by atoms with Crippen LogP contribution in [0.4, 0.5) is 10.7 Å². The van der Waals surface area contributed by atoms with Crippen LogP contribution in [-0.4, -0.2) is 4.92 Å². The van der Waals surface area contributed by atoms with Gasteiger partial charge in [0, 0.05) is 28.2 Å². The van der Waals surface area contributed by atoms with Crippen molar-refractivity contribution in [3.05, 3.63) is 55.9 Å². The third kappa shape index (κ3) is 3.04. The molecule has 1 aromatic heterocycles. The molecule has 1 aromatic carbocycles. The molecule has 0 aliphatic rings. The van der Waals surface area contributed by atoms with Crippen LogP contribution in [0, 0.1) is 10.1 Å². The molecule has 6 heteroatoms. The monoisotopic (exact) mass is 312 g/mol. The molecule has 0 unspecified atom stereocenters. The third-order valence-electron chi connectivity index (χ3n) is 2.18. The van der Waals surface area contributed by atoms with Crippen LogP contribution in [0.3, 0.4) is 0 Å². The molecule has 2 aromatic rings. The molecule has 17 heavy (non-hydrogen) atoms. The molecule has 0 fully saturated rings.